The van der Waals surface area contributed by atoms with Crippen LogP contribution >= 0.6 is 0 Å². The molecule has 0 saturated heterocycles. The molecule has 20 heavy (non-hydrogen) atoms. The fourth-order valence-electron chi connectivity index (χ4n) is 3.42. The van der Waals surface area contributed by atoms with Gasteiger partial charge in [-0.05, 0) is 43.4 Å². The molecule has 3 atom stereocenters. The van der Waals surface area contributed by atoms with Gasteiger partial charge in [-0.3, -0.25) is 4.79 Å². The zero-order valence-electron chi connectivity index (χ0n) is 13.3. The summed E-state index contributed by atoms with van der Waals surface area (Å²) in [7, 11) is 0. The third-order valence-electron chi connectivity index (χ3n) is 4.63. The van der Waals surface area contributed by atoms with E-state index in [1.165, 1.54) is 25.7 Å². The molecule has 0 aliphatic heterocycles. The molecular formula is C18H29NO. The van der Waals surface area contributed by atoms with Crippen LogP contribution in [0.4, 0.5) is 0 Å². The Morgan fingerprint density at radius 2 is 2.15 bits per heavy atom. The van der Waals surface area contributed by atoms with Crippen molar-refractivity contribution in [2.24, 2.45) is 23.2 Å². The topological polar surface area (TPSA) is 20.3 Å². The first kappa shape index (κ1) is 15.3. The van der Waals surface area contributed by atoms with Crippen molar-refractivity contribution in [1.82, 2.24) is 4.90 Å². The van der Waals surface area contributed by atoms with Gasteiger partial charge in [-0.25, -0.2) is 0 Å². The molecule has 2 rings (SSSR count). The Hall–Kier alpha value is -1.05. The number of carbonyl (C=O) groups excluding carboxylic acids is 1. The molecule has 0 spiro atoms. The number of hydrogen-bond donors (Lipinski definition) is 0. The Morgan fingerprint density at radius 1 is 1.40 bits per heavy atom. The highest BCUT2D eigenvalue weighted by Crippen LogP contribution is 2.48. The number of nitrogens with zero attached hydrogens (tertiary/aromatic N) is 1. The maximum Gasteiger partial charge on any atom is 0.228 e. The van der Waals surface area contributed by atoms with Gasteiger partial charge >= 0.3 is 0 Å². The second kappa shape index (κ2) is 6.15. The van der Waals surface area contributed by atoms with Crippen LogP contribution in [0.25, 0.3) is 0 Å². The van der Waals surface area contributed by atoms with E-state index >= 15 is 0 Å². The van der Waals surface area contributed by atoms with E-state index in [1.54, 1.807) is 0 Å². The van der Waals surface area contributed by atoms with E-state index in [9.17, 15) is 4.79 Å². The first-order chi connectivity index (χ1) is 9.43. The zero-order valence-corrected chi connectivity index (χ0v) is 13.3. The Balaban J connectivity index is 1.88. The number of rotatable bonds is 5. The molecule has 1 saturated carbocycles. The second-order valence-electron chi connectivity index (χ2n) is 7.45. The van der Waals surface area contributed by atoms with E-state index < -0.39 is 0 Å². The van der Waals surface area contributed by atoms with Crippen molar-refractivity contribution in [2.45, 2.75) is 46.5 Å². The number of allylic oxidation sites excluding steroid dienone is 2. The third-order valence-corrected chi connectivity index (χ3v) is 4.63. The minimum absolute atomic E-state index is 0.256. The molecule has 0 aromatic rings. The normalized spacial score (nSPS) is 29.1. The van der Waals surface area contributed by atoms with Crippen LogP contribution in [0.5, 0.6) is 0 Å². The van der Waals surface area contributed by atoms with Crippen LogP contribution in [-0.4, -0.2) is 23.9 Å². The highest BCUT2D eigenvalue weighted by molar-refractivity contribution is 5.81. The van der Waals surface area contributed by atoms with Gasteiger partial charge in [0.15, 0.2) is 0 Å². The third kappa shape index (κ3) is 3.74. The monoisotopic (exact) mass is 275 g/mol. The maximum atomic E-state index is 12.5. The molecule has 1 fully saturated rings. The van der Waals surface area contributed by atoms with E-state index in [2.05, 4.69) is 18.7 Å². The van der Waals surface area contributed by atoms with Gasteiger partial charge in [-0.2, -0.15) is 0 Å². The number of hydrogen-bond acceptors (Lipinski definition) is 1. The smallest absolute Gasteiger partial charge is 0.228 e. The Kier molecular flexibility index (Phi) is 4.72. The minimum atomic E-state index is -0.291. The summed E-state index contributed by atoms with van der Waals surface area (Å²) in [5.74, 6) is 2.68. The molecule has 2 aliphatic rings. The minimum Gasteiger partial charge on any atom is -0.338 e. The lowest BCUT2D eigenvalue weighted by Crippen LogP contribution is -2.41. The molecule has 1 amide bonds. The number of amides is 1. The summed E-state index contributed by atoms with van der Waals surface area (Å²) < 4.78 is 0. The zero-order chi connectivity index (χ0) is 14.8. The van der Waals surface area contributed by atoms with Crippen LogP contribution in [0, 0.1) is 23.2 Å². The summed E-state index contributed by atoms with van der Waals surface area (Å²) in [5.41, 5.74) is -0.291. The van der Waals surface area contributed by atoms with Crippen molar-refractivity contribution in [2.75, 3.05) is 13.1 Å². The average molecular weight is 275 g/mol. The lowest BCUT2D eigenvalue weighted by Gasteiger charge is -2.29. The van der Waals surface area contributed by atoms with Crippen molar-refractivity contribution in [3.05, 3.63) is 24.8 Å². The Morgan fingerprint density at radius 3 is 2.70 bits per heavy atom. The molecule has 0 N–H and O–H groups in total. The van der Waals surface area contributed by atoms with E-state index in [-0.39, 0.29) is 11.3 Å². The molecular weight excluding hydrogens is 246 g/mol. The molecule has 0 aromatic heterocycles. The molecule has 0 heterocycles. The fourth-order valence-corrected chi connectivity index (χ4v) is 3.42. The van der Waals surface area contributed by atoms with Gasteiger partial charge < -0.3 is 4.90 Å². The summed E-state index contributed by atoms with van der Waals surface area (Å²) in [6, 6.07) is 0. The van der Waals surface area contributed by atoms with Crippen molar-refractivity contribution >= 4 is 5.91 Å². The molecule has 2 aliphatic carbocycles. The summed E-state index contributed by atoms with van der Waals surface area (Å²) in [5, 5.41) is 0. The lowest BCUT2D eigenvalue weighted by atomic mass is 9.89. The van der Waals surface area contributed by atoms with Gasteiger partial charge in [0, 0.05) is 18.5 Å². The highest BCUT2D eigenvalue weighted by atomic mass is 16.2. The van der Waals surface area contributed by atoms with Crippen molar-refractivity contribution in [3.63, 3.8) is 0 Å². The maximum absolute atomic E-state index is 12.5. The molecule has 3 unspecified atom stereocenters. The van der Waals surface area contributed by atoms with Crippen LogP contribution in [0.1, 0.15) is 46.5 Å². The van der Waals surface area contributed by atoms with Gasteiger partial charge in [0.05, 0.1) is 0 Å². The SMILES string of the molecule is C=CCN(CC1CC1C1CC=CCC1)C(=O)C(C)(C)C. The lowest BCUT2D eigenvalue weighted by molar-refractivity contribution is -0.139. The summed E-state index contributed by atoms with van der Waals surface area (Å²) in [6.45, 7) is 11.4. The summed E-state index contributed by atoms with van der Waals surface area (Å²) >= 11 is 0. The second-order valence-corrected chi connectivity index (χ2v) is 7.45. The van der Waals surface area contributed by atoms with E-state index in [1.807, 2.05) is 31.7 Å². The van der Waals surface area contributed by atoms with E-state index in [0.29, 0.717) is 6.54 Å². The molecule has 2 heteroatoms. The largest absolute Gasteiger partial charge is 0.338 e. The summed E-state index contributed by atoms with van der Waals surface area (Å²) in [6.07, 6.45) is 11.6. The molecule has 0 bridgehead atoms. The van der Waals surface area contributed by atoms with Gasteiger partial charge in [-0.15, -0.1) is 6.58 Å². The number of carbonyl (C=O) groups is 1. The van der Waals surface area contributed by atoms with Gasteiger partial charge in [0.25, 0.3) is 0 Å². The average Bonchev–Trinajstić information content (AvgIpc) is 3.17. The molecule has 0 aromatic carbocycles. The first-order valence-electron chi connectivity index (χ1n) is 7.98. The molecule has 112 valence electrons. The van der Waals surface area contributed by atoms with Crippen molar-refractivity contribution in [3.8, 4) is 0 Å². The van der Waals surface area contributed by atoms with Gasteiger partial charge in [0.2, 0.25) is 5.91 Å². The van der Waals surface area contributed by atoms with Crippen LogP contribution in [0.15, 0.2) is 24.8 Å². The van der Waals surface area contributed by atoms with Crippen LogP contribution in [0.2, 0.25) is 0 Å². The van der Waals surface area contributed by atoms with E-state index in [4.69, 9.17) is 0 Å². The summed E-state index contributed by atoms with van der Waals surface area (Å²) in [4.78, 5) is 14.5. The predicted molar refractivity (Wildman–Crippen MR) is 84.3 cm³/mol. The Bertz CT molecular complexity index is 391. The van der Waals surface area contributed by atoms with Crippen LogP contribution < -0.4 is 0 Å². The molecule has 2 nitrogen and oxygen atoms in total. The Labute approximate surface area is 123 Å². The fraction of sp³-hybridized carbons (Fsp3) is 0.722. The van der Waals surface area contributed by atoms with E-state index in [0.717, 1.165) is 24.3 Å². The quantitative estimate of drug-likeness (QED) is 0.693. The highest BCUT2D eigenvalue weighted by Gasteiger charge is 2.44. The van der Waals surface area contributed by atoms with Crippen LogP contribution in [0.3, 0.4) is 0 Å². The van der Waals surface area contributed by atoms with Crippen molar-refractivity contribution < 1.29 is 4.79 Å². The van der Waals surface area contributed by atoms with Crippen LogP contribution in [-0.2, 0) is 4.79 Å². The standard InChI is InChI=1S/C18H29NO/c1-5-11-19(17(20)18(2,3)4)13-15-12-16(15)14-9-7-6-8-10-14/h5-7,14-16H,1,8-13H2,2-4H3. The van der Waals surface area contributed by atoms with Gasteiger partial charge in [0.1, 0.15) is 0 Å². The van der Waals surface area contributed by atoms with Crippen molar-refractivity contribution in [1.29, 1.82) is 0 Å². The van der Waals surface area contributed by atoms with Gasteiger partial charge in [-0.1, -0.05) is 39.0 Å². The first-order valence-corrected chi connectivity index (χ1v) is 7.98. The molecule has 0 radical (unpaired) electrons. The predicted octanol–water partition coefficient (Wildman–Crippen LogP) is 4.04.